The first kappa shape index (κ1) is 9.39. The number of hydrogen-bond acceptors (Lipinski definition) is 3. The zero-order chi connectivity index (χ0) is 9.14. The predicted molar refractivity (Wildman–Crippen MR) is 45.9 cm³/mol. The molecule has 1 rings (SSSR count). The maximum absolute atomic E-state index is 11.2. The lowest BCUT2D eigenvalue weighted by Crippen LogP contribution is -2.43. The average molecular weight is 169 g/mol. The third kappa shape index (κ3) is 1.91. The van der Waals surface area contributed by atoms with E-state index in [1.807, 2.05) is 6.92 Å². The Bertz CT molecular complexity index is 201. The monoisotopic (exact) mass is 169 g/mol. The molecule has 1 aliphatic heterocycles. The minimum Gasteiger partial charge on any atom is -0.302 e. The third-order valence-corrected chi connectivity index (χ3v) is 2.44. The zero-order valence-corrected chi connectivity index (χ0v) is 7.67. The molecule has 3 heteroatoms. The molecule has 0 unspecified atom stereocenters. The van der Waals surface area contributed by atoms with Gasteiger partial charge in [-0.05, 0) is 13.5 Å². The van der Waals surface area contributed by atoms with Crippen molar-refractivity contribution in [3.05, 3.63) is 0 Å². The number of nitrogens with zero attached hydrogens (tertiary/aromatic N) is 1. The van der Waals surface area contributed by atoms with Gasteiger partial charge in [-0.15, -0.1) is 0 Å². The van der Waals surface area contributed by atoms with Crippen LogP contribution in [0.3, 0.4) is 0 Å². The Labute approximate surface area is 72.7 Å². The van der Waals surface area contributed by atoms with Crippen LogP contribution in [0.1, 0.15) is 20.3 Å². The summed E-state index contributed by atoms with van der Waals surface area (Å²) in [5, 5.41) is 0. The molecule has 1 saturated heterocycles. The second kappa shape index (κ2) is 3.81. The van der Waals surface area contributed by atoms with Crippen molar-refractivity contribution in [2.24, 2.45) is 5.92 Å². The van der Waals surface area contributed by atoms with Crippen molar-refractivity contribution in [2.45, 2.75) is 20.3 Å². The molecule has 68 valence electrons. The summed E-state index contributed by atoms with van der Waals surface area (Å²) in [5.74, 6) is -0.218. The number of rotatable bonds is 2. The molecule has 1 heterocycles. The smallest absolute Gasteiger partial charge is 0.145 e. The highest BCUT2D eigenvalue weighted by atomic mass is 16.1. The van der Waals surface area contributed by atoms with Gasteiger partial charge in [0.25, 0.3) is 0 Å². The molecule has 0 bridgehead atoms. The number of carbonyl (C=O) groups excluding carboxylic acids is 2. The molecule has 12 heavy (non-hydrogen) atoms. The van der Waals surface area contributed by atoms with Crippen LogP contribution in [0.5, 0.6) is 0 Å². The van der Waals surface area contributed by atoms with Gasteiger partial charge in [0.05, 0.1) is 5.92 Å². The predicted octanol–water partition coefficient (Wildman–Crippen LogP) is 0.486. The summed E-state index contributed by atoms with van der Waals surface area (Å²) in [6.07, 6.45) is 0.540. The minimum atomic E-state index is -0.348. The largest absolute Gasteiger partial charge is 0.302 e. The lowest BCUT2D eigenvalue weighted by molar-refractivity contribution is -0.134. The van der Waals surface area contributed by atoms with Crippen molar-refractivity contribution in [3.63, 3.8) is 0 Å². The first-order chi connectivity index (χ1) is 5.65. The second-order valence-electron chi connectivity index (χ2n) is 3.27. The van der Waals surface area contributed by atoms with E-state index in [4.69, 9.17) is 0 Å². The lowest BCUT2D eigenvalue weighted by Gasteiger charge is -2.29. The van der Waals surface area contributed by atoms with Crippen molar-refractivity contribution in [3.8, 4) is 0 Å². The summed E-state index contributed by atoms with van der Waals surface area (Å²) in [4.78, 5) is 24.4. The van der Waals surface area contributed by atoms with E-state index in [-0.39, 0.29) is 17.5 Å². The van der Waals surface area contributed by atoms with Crippen LogP contribution in [0, 0.1) is 5.92 Å². The molecular formula is C9H15NO2. The van der Waals surface area contributed by atoms with E-state index >= 15 is 0 Å². The maximum Gasteiger partial charge on any atom is 0.145 e. The zero-order valence-electron chi connectivity index (χ0n) is 7.67. The molecule has 1 aliphatic rings. The molecule has 0 aromatic heterocycles. The molecule has 0 aliphatic carbocycles. The van der Waals surface area contributed by atoms with Gasteiger partial charge in [0.1, 0.15) is 11.6 Å². The van der Waals surface area contributed by atoms with Gasteiger partial charge in [-0.2, -0.15) is 0 Å². The fourth-order valence-electron chi connectivity index (χ4n) is 1.54. The van der Waals surface area contributed by atoms with Crippen LogP contribution in [0.4, 0.5) is 0 Å². The summed E-state index contributed by atoms with van der Waals surface area (Å²) in [6, 6.07) is 0. The van der Waals surface area contributed by atoms with Crippen LogP contribution in [0.25, 0.3) is 0 Å². The molecule has 0 radical (unpaired) electrons. The van der Waals surface area contributed by atoms with Crippen LogP contribution in [0.15, 0.2) is 0 Å². The Hall–Kier alpha value is -0.700. The van der Waals surface area contributed by atoms with Crippen molar-refractivity contribution in [1.29, 1.82) is 0 Å². The molecule has 0 aromatic rings. The molecule has 0 spiro atoms. The van der Waals surface area contributed by atoms with Crippen molar-refractivity contribution >= 4 is 11.6 Å². The number of hydrogen-bond donors (Lipinski definition) is 0. The number of carbonyl (C=O) groups is 2. The second-order valence-corrected chi connectivity index (χ2v) is 3.27. The summed E-state index contributed by atoms with van der Waals surface area (Å²) in [7, 11) is 0. The minimum absolute atomic E-state index is 0.0122. The van der Waals surface area contributed by atoms with E-state index < -0.39 is 0 Å². The molecular weight excluding hydrogens is 154 g/mol. The molecule has 0 amide bonds. The topological polar surface area (TPSA) is 37.4 Å². The highest BCUT2D eigenvalue weighted by Crippen LogP contribution is 2.13. The highest BCUT2D eigenvalue weighted by molar-refractivity contribution is 6.02. The van der Waals surface area contributed by atoms with E-state index in [1.165, 1.54) is 6.92 Å². The van der Waals surface area contributed by atoms with Crippen LogP contribution in [-0.2, 0) is 9.59 Å². The molecule has 0 N–H and O–H groups in total. The summed E-state index contributed by atoms with van der Waals surface area (Å²) < 4.78 is 0. The Morgan fingerprint density at radius 2 is 2.33 bits per heavy atom. The summed E-state index contributed by atoms with van der Waals surface area (Å²) in [6.45, 7) is 5.93. The Kier molecular flexibility index (Phi) is 2.98. The fourth-order valence-corrected chi connectivity index (χ4v) is 1.54. The van der Waals surface area contributed by atoms with Crippen LogP contribution in [0.2, 0.25) is 0 Å². The number of likely N-dealkylation sites (tertiary alicyclic amines) is 1. The van der Waals surface area contributed by atoms with Crippen molar-refractivity contribution in [2.75, 3.05) is 19.6 Å². The highest BCUT2D eigenvalue weighted by Gasteiger charge is 2.29. The number of piperidine rings is 1. The van der Waals surface area contributed by atoms with Gasteiger partial charge >= 0.3 is 0 Å². The first-order valence-electron chi connectivity index (χ1n) is 4.40. The van der Waals surface area contributed by atoms with Crippen molar-refractivity contribution in [1.82, 2.24) is 4.90 Å². The van der Waals surface area contributed by atoms with Crippen LogP contribution in [-0.4, -0.2) is 36.1 Å². The van der Waals surface area contributed by atoms with Crippen LogP contribution >= 0.6 is 0 Å². The van der Waals surface area contributed by atoms with Gasteiger partial charge in [-0.3, -0.25) is 9.59 Å². The van der Waals surface area contributed by atoms with Gasteiger partial charge in [0.2, 0.25) is 0 Å². The normalized spacial score (nSPS) is 25.8. The molecule has 1 fully saturated rings. The number of ketones is 2. The van der Waals surface area contributed by atoms with Crippen LogP contribution < -0.4 is 0 Å². The standard InChI is InChI=1S/C9H15NO2/c1-3-10-5-4-9(12)8(6-10)7(2)11/h8H,3-6H2,1-2H3/t8-/m1/s1. The number of Topliss-reactive ketones (excluding diaryl/α,β-unsaturated/α-hetero) is 2. The van der Waals surface area contributed by atoms with E-state index in [2.05, 4.69) is 4.90 Å². The maximum atomic E-state index is 11.2. The first-order valence-corrected chi connectivity index (χ1v) is 4.40. The Morgan fingerprint density at radius 3 is 2.83 bits per heavy atom. The molecule has 0 saturated carbocycles. The summed E-state index contributed by atoms with van der Waals surface area (Å²) >= 11 is 0. The van der Waals surface area contributed by atoms with Gasteiger partial charge in [-0.25, -0.2) is 0 Å². The SMILES string of the molecule is CCN1CCC(=O)[C@@H](C(C)=O)C1. The molecule has 3 nitrogen and oxygen atoms in total. The van der Waals surface area contributed by atoms with E-state index in [0.29, 0.717) is 13.0 Å². The Morgan fingerprint density at radius 1 is 1.67 bits per heavy atom. The van der Waals surface area contributed by atoms with Gasteiger partial charge in [0.15, 0.2) is 0 Å². The average Bonchev–Trinajstić information content (AvgIpc) is 2.05. The van der Waals surface area contributed by atoms with E-state index in [1.54, 1.807) is 0 Å². The van der Waals surface area contributed by atoms with E-state index in [0.717, 1.165) is 13.1 Å². The van der Waals surface area contributed by atoms with Gasteiger partial charge < -0.3 is 4.90 Å². The van der Waals surface area contributed by atoms with Gasteiger partial charge in [0, 0.05) is 19.5 Å². The lowest BCUT2D eigenvalue weighted by atomic mass is 9.93. The van der Waals surface area contributed by atoms with Crippen molar-refractivity contribution < 1.29 is 9.59 Å². The third-order valence-electron chi connectivity index (χ3n) is 2.44. The van der Waals surface area contributed by atoms with Gasteiger partial charge in [-0.1, -0.05) is 6.92 Å². The Balaban J connectivity index is 2.59. The molecule has 1 atom stereocenters. The molecule has 0 aromatic carbocycles. The summed E-state index contributed by atoms with van der Waals surface area (Å²) in [5.41, 5.74) is 0. The van der Waals surface area contributed by atoms with E-state index in [9.17, 15) is 9.59 Å². The quantitative estimate of drug-likeness (QED) is 0.564. The fraction of sp³-hybridized carbons (Fsp3) is 0.778.